The Hall–Kier alpha value is -2.22. The van der Waals surface area contributed by atoms with Gasteiger partial charge in [0.15, 0.2) is 0 Å². The van der Waals surface area contributed by atoms with Gasteiger partial charge in [0.25, 0.3) is 0 Å². The number of hydrogen-bond donors (Lipinski definition) is 2. The highest BCUT2D eigenvalue weighted by Gasteiger charge is 2.42. The van der Waals surface area contributed by atoms with E-state index in [1.165, 1.54) is 19.3 Å². The van der Waals surface area contributed by atoms with Crippen molar-refractivity contribution in [2.24, 2.45) is 0 Å². The zero-order valence-electron chi connectivity index (χ0n) is 15.5. The van der Waals surface area contributed by atoms with Crippen molar-refractivity contribution in [1.82, 2.24) is 15.5 Å². The lowest BCUT2D eigenvalue weighted by Gasteiger charge is -2.30. The number of ether oxygens (including phenoxy) is 1. The maximum Gasteiger partial charge on any atom is 0.140 e. The maximum absolute atomic E-state index is 13.9. The molecule has 5 nitrogen and oxygen atoms in total. The van der Waals surface area contributed by atoms with Gasteiger partial charge < -0.3 is 9.64 Å². The number of benzene rings is 1. The Bertz CT molecular complexity index is 936. The smallest absolute Gasteiger partial charge is 0.140 e. The van der Waals surface area contributed by atoms with Crippen molar-refractivity contribution in [3.63, 3.8) is 0 Å². The predicted molar refractivity (Wildman–Crippen MR) is 109 cm³/mol. The third-order valence-corrected chi connectivity index (χ3v) is 6.28. The Labute approximate surface area is 167 Å². The molecule has 2 N–H and O–H groups in total. The van der Waals surface area contributed by atoms with Crippen LogP contribution in [-0.2, 0) is 11.3 Å². The van der Waals surface area contributed by atoms with Gasteiger partial charge in [-0.1, -0.05) is 6.07 Å². The third-order valence-electron chi connectivity index (χ3n) is 5.38. The number of nitrogens with one attached hydrogen (secondary N) is 2. The van der Waals surface area contributed by atoms with Crippen molar-refractivity contribution in [2.45, 2.75) is 38.1 Å². The van der Waals surface area contributed by atoms with Crippen LogP contribution >= 0.6 is 11.3 Å². The van der Waals surface area contributed by atoms with Crippen molar-refractivity contribution in [2.75, 3.05) is 18.0 Å². The van der Waals surface area contributed by atoms with Crippen molar-refractivity contribution >= 4 is 17.0 Å². The van der Waals surface area contributed by atoms with Crippen LogP contribution in [-0.4, -0.2) is 29.5 Å². The van der Waals surface area contributed by atoms with Crippen molar-refractivity contribution < 1.29 is 9.13 Å². The molecule has 146 valence electrons. The standard InChI is InChI=1S/C21H23FN4OS/c22-14-6-7-18(26-8-2-1-3-9-26)16(11-14)20-21(27-20)23-13-15-12-17(25-24-15)19-5-4-10-28-19/h4-7,10-12,20-21,23H,1-3,8-9,13H2,(H,24,25). The lowest BCUT2D eigenvalue weighted by atomic mass is 10.0. The second kappa shape index (κ2) is 7.66. The molecule has 3 aromatic rings. The molecule has 2 saturated heterocycles. The Morgan fingerprint density at radius 2 is 2.11 bits per heavy atom. The topological polar surface area (TPSA) is 56.5 Å². The number of anilines is 1. The Morgan fingerprint density at radius 1 is 1.21 bits per heavy atom. The first-order chi connectivity index (χ1) is 13.8. The van der Waals surface area contributed by atoms with E-state index in [9.17, 15) is 4.39 Å². The van der Waals surface area contributed by atoms with Gasteiger partial charge in [-0.2, -0.15) is 5.10 Å². The van der Waals surface area contributed by atoms with Crippen LogP contribution in [0.1, 0.15) is 36.6 Å². The van der Waals surface area contributed by atoms with Crippen LogP contribution in [0, 0.1) is 5.82 Å². The van der Waals surface area contributed by atoms with E-state index in [2.05, 4.69) is 32.5 Å². The minimum absolute atomic E-state index is 0.0983. The van der Waals surface area contributed by atoms with E-state index in [-0.39, 0.29) is 18.1 Å². The Morgan fingerprint density at radius 3 is 2.93 bits per heavy atom. The number of thiophene rings is 1. The molecule has 0 amide bonds. The quantitative estimate of drug-likeness (QED) is 0.602. The molecule has 2 unspecified atom stereocenters. The van der Waals surface area contributed by atoms with Gasteiger partial charge in [-0.25, -0.2) is 4.39 Å². The van der Waals surface area contributed by atoms with Crippen molar-refractivity contribution in [3.8, 4) is 10.6 Å². The fourth-order valence-corrected chi connectivity index (χ4v) is 4.58. The van der Waals surface area contributed by atoms with Crippen LogP contribution < -0.4 is 10.2 Å². The van der Waals surface area contributed by atoms with Crippen LogP contribution in [0.2, 0.25) is 0 Å². The molecule has 2 atom stereocenters. The molecule has 7 heteroatoms. The summed E-state index contributed by atoms with van der Waals surface area (Å²) < 4.78 is 19.8. The van der Waals surface area contributed by atoms with Crippen LogP contribution in [0.3, 0.4) is 0 Å². The van der Waals surface area contributed by atoms with Crippen molar-refractivity contribution in [1.29, 1.82) is 0 Å². The number of H-pyrrole nitrogens is 1. The average Bonchev–Trinajstić information content (AvgIpc) is 3.09. The van der Waals surface area contributed by atoms with Gasteiger partial charge in [0.1, 0.15) is 23.8 Å². The van der Waals surface area contributed by atoms with Gasteiger partial charge in [-0.3, -0.25) is 10.4 Å². The molecule has 0 aliphatic carbocycles. The van der Waals surface area contributed by atoms with Crippen LogP contribution in [0.15, 0.2) is 41.8 Å². The maximum atomic E-state index is 13.9. The molecule has 0 saturated carbocycles. The fraction of sp³-hybridized carbons (Fsp3) is 0.381. The number of rotatable bonds is 6. The SMILES string of the molecule is Fc1ccc(N2CCCCC2)c(C2OC2NCc2cc(-c3cccs3)n[nH]2)c1. The zero-order chi connectivity index (χ0) is 18.9. The molecule has 0 spiro atoms. The molecule has 2 aliphatic heterocycles. The van der Waals surface area contributed by atoms with Crippen molar-refractivity contribution in [3.05, 3.63) is 58.9 Å². The van der Waals surface area contributed by atoms with E-state index in [4.69, 9.17) is 4.74 Å². The molecule has 0 radical (unpaired) electrons. The summed E-state index contributed by atoms with van der Waals surface area (Å²) in [6.07, 6.45) is 3.45. The summed E-state index contributed by atoms with van der Waals surface area (Å²) in [5, 5.41) is 12.9. The van der Waals surface area contributed by atoms with Crippen LogP contribution in [0.4, 0.5) is 10.1 Å². The lowest BCUT2D eigenvalue weighted by molar-refractivity contribution is 0.345. The second-order valence-electron chi connectivity index (χ2n) is 7.36. The molecular formula is C21H23FN4OS. The highest BCUT2D eigenvalue weighted by Crippen LogP contribution is 2.42. The molecular weight excluding hydrogens is 375 g/mol. The number of piperidine rings is 1. The van der Waals surface area contributed by atoms with E-state index in [1.807, 2.05) is 17.5 Å². The number of epoxide rings is 1. The van der Waals surface area contributed by atoms with Gasteiger partial charge in [0.05, 0.1) is 4.88 Å². The molecule has 2 fully saturated rings. The van der Waals surface area contributed by atoms with Gasteiger partial charge in [0, 0.05) is 36.6 Å². The normalized spacial score (nSPS) is 21.8. The summed E-state index contributed by atoms with van der Waals surface area (Å²) in [5.41, 5.74) is 4.02. The first-order valence-corrected chi connectivity index (χ1v) is 10.7. The van der Waals surface area contributed by atoms with E-state index in [0.717, 1.165) is 40.6 Å². The first-order valence-electron chi connectivity index (χ1n) is 9.79. The van der Waals surface area contributed by atoms with E-state index < -0.39 is 0 Å². The summed E-state index contributed by atoms with van der Waals surface area (Å²) in [6, 6.07) is 11.2. The van der Waals surface area contributed by atoms with Crippen LogP contribution in [0.25, 0.3) is 10.6 Å². The van der Waals surface area contributed by atoms with Crippen LogP contribution in [0.5, 0.6) is 0 Å². The number of nitrogens with zero attached hydrogens (tertiary/aromatic N) is 2. The molecule has 0 bridgehead atoms. The molecule has 28 heavy (non-hydrogen) atoms. The minimum Gasteiger partial charge on any atom is -0.371 e. The first kappa shape index (κ1) is 17.8. The van der Waals surface area contributed by atoms with Gasteiger partial charge in [-0.05, 0) is 55.0 Å². The molecule has 5 rings (SSSR count). The Balaban J connectivity index is 1.24. The number of aromatic nitrogens is 2. The van der Waals surface area contributed by atoms with E-state index in [0.29, 0.717) is 6.54 Å². The molecule has 1 aromatic carbocycles. The number of halogens is 1. The largest absolute Gasteiger partial charge is 0.371 e. The summed E-state index contributed by atoms with van der Waals surface area (Å²) in [6.45, 7) is 2.69. The summed E-state index contributed by atoms with van der Waals surface area (Å²) >= 11 is 1.67. The Kier molecular flexibility index (Phi) is 4.88. The molecule has 4 heterocycles. The summed E-state index contributed by atoms with van der Waals surface area (Å²) in [5.74, 6) is -0.209. The van der Waals surface area contributed by atoms with Gasteiger partial charge in [0.2, 0.25) is 0 Å². The predicted octanol–water partition coefficient (Wildman–Crippen LogP) is 4.45. The minimum atomic E-state index is -0.209. The summed E-state index contributed by atoms with van der Waals surface area (Å²) in [4.78, 5) is 3.51. The summed E-state index contributed by atoms with van der Waals surface area (Å²) in [7, 11) is 0. The highest BCUT2D eigenvalue weighted by atomic mass is 32.1. The van der Waals surface area contributed by atoms with Gasteiger partial charge in [-0.15, -0.1) is 11.3 Å². The van der Waals surface area contributed by atoms with E-state index in [1.54, 1.807) is 23.5 Å². The number of aromatic amines is 1. The molecule has 2 aliphatic rings. The third kappa shape index (κ3) is 3.70. The van der Waals surface area contributed by atoms with E-state index >= 15 is 0 Å². The lowest BCUT2D eigenvalue weighted by Crippen LogP contribution is -2.30. The highest BCUT2D eigenvalue weighted by molar-refractivity contribution is 7.13. The fourth-order valence-electron chi connectivity index (χ4n) is 3.89. The monoisotopic (exact) mass is 398 g/mol. The second-order valence-corrected chi connectivity index (χ2v) is 8.31. The number of hydrogen-bond acceptors (Lipinski definition) is 5. The zero-order valence-corrected chi connectivity index (χ0v) is 16.3. The molecule has 2 aromatic heterocycles. The average molecular weight is 399 g/mol. The van der Waals surface area contributed by atoms with Gasteiger partial charge >= 0.3 is 0 Å².